The van der Waals surface area contributed by atoms with Crippen molar-refractivity contribution in [2.75, 3.05) is 0 Å². The first-order chi connectivity index (χ1) is 41.6. The molecule has 0 spiro atoms. The Balaban J connectivity index is -0.0000000724. The monoisotopic (exact) mass is 1450 g/mol. The fourth-order valence-corrected chi connectivity index (χ4v) is 2.46. The molecule has 0 nitrogen and oxygen atoms in total. The molecule has 0 aliphatic rings. The first-order valence-corrected chi connectivity index (χ1v) is 30.2. The average Bonchev–Trinajstić information content (AvgIpc) is 0.795. The van der Waals surface area contributed by atoms with Crippen LogP contribution in [0, 0.1) is 58.1 Å². The van der Waals surface area contributed by atoms with Gasteiger partial charge in [0, 0.05) is 30.1 Å². The van der Waals surface area contributed by atoms with Crippen molar-refractivity contribution < 1.29 is 137 Å². The highest BCUT2D eigenvalue weighted by Crippen LogP contribution is 2.49. The number of halogens is 30. The highest BCUT2D eigenvalue weighted by Gasteiger charge is 2.64. The van der Waals surface area contributed by atoms with E-state index < -0.39 is 128 Å². The lowest BCUT2D eigenvalue weighted by Gasteiger charge is -2.29. The van der Waals surface area contributed by atoms with Crippen molar-refractivity contribution in [2.24, 2.45) is 58.1 Å². The molecule has 0 radical (unpaired) electrons. The fourth-order valence-electron chi connectivity index (χ4n) is 2.46. The van der Waals surface area contributed by atoms with Crippen LogP contribution in [0.15, 0.2) is 0 Å². The molecule has 0 aromatic carbocycles. The largest absolute Gasteiger partial charge is 0.402 e. The third-order valence-electron chi connectivity index (χ3n) is 10.3. The summed E-state index contributed by atoms with van der Waals surface area (Å²) in [6, 6.07) is 0. The van der Waals surface area contributed by atoms with E-state index in [1.165, 1.54) is 46.5 Å². The van der Waals surface area contributed by atoms with Crippen LogP contribution in [0.2, 0.25) is 0 Å². The highest BCUT2D eigenvalue weighted by atomic mass is 19.4. The summed E-state index contributed by atoms with van der Waals surface area (Å²) in [4.78, 5) is 0. The van der Waals surface area contributed by atoms with E-state index in [1.807, 2.05) is 34.6 Å². The van der Waals surface area contributed by atoms with Gasteiger partial charge in [0.15, 0.2) is 5.41 Å². The van der Waals surface area contributed by atoms with Crippen molar-refractivity contribution in [1.82, 2.24) is 0 Å². The Morgan fingerprint density at radius 1 is 0.312 bits per heavy atom. The fraction of sp³-hybridized carbons (Fsp3) is 1.00. The van der Waals surface area contributed by atoms with Crippen LogP contribution < -0.4 is 0 Å². The summed E-state index contributed by atoms with van der Waals surface area (Å²) in [5.41, 5.74) is -5.19. The van der Waals surface area contributed by atoms with E-state index in [-0.39, 0.29) is 39.0 Å². The molecule has 0 aromatic rings. The minimum absolute atomic E-state index is 0.104. The maximum Gasteiger partial charge on any atom is 0.402 e. The van der Waals surface area contributed by atoms with Crippen molar-refractivity contribution >= 4 is 0 Å². The van der Waals surface area contributed by atoms with Gasteiger partial charge in [0.2, 0.25) is 0 Å². The molecule has 0 amide bonds. The van der Waals surface area contributed by atoms with Crippen LogP contribution in [-0.4, -0.2) is 61.8 Å². The van der Waals surface area contributed by atoms with Crippen LogP contribution in [0.5, 0.6) is 0 Å². The van der Waals surface area contributed by atoms with Crippen molar-refractivity contribution in [3.05, 3.63) is 0 Å². The Morgan fingerprint density at radius 2 is 0.538 bits per heavy atom. The van der Waals surface area contributed by atoms with Gasteiger partial charge in [0.1, 0.15) is 0 Å². The molecule has 0 heterocycles. The molecule has 584 valence electrons. The number of hydrogen-bond donors (Lipinski definition) is 0. The van der Waals surface area contributed by atoms with Gasteiger partial charge < -0.3 is 0 Å². The van der Waals surface area contributed by atoms with Gasteiger partial charge in [-0.25, -0.2) is 0 Å². The molecule has 0 saturated heterocycles. The van der Waals surface area contributed by atoms with Crippen LogP contribution in [0.25, 0.3) is 0 Å². The molecule has 0 aromatic heterocycles. The van der Waals surface area contributed by atoms with E-state index in [0.29, 0.717) is 19.3 Å². The predicted octanol–water partition coefficient (Wildman–Crippen LogP) is 31.8. The van der Waals surface area contributed by atoms with E-state index in [1.54, 1.807) is 13.8 Å². The second-order valence-corrected chi connectivity index (χ2v) is 24.4. The number of alkyl halides is 30. The Labute approximate surface area is 546 Å². The molecule has 0 aliphatic carbocycles. The molecule has 0 saturated carbocycles. The Hall–Kier alpha value is -2.10. The normalized spacial score (nSPS) is 14.2. The highest BCUT2D eigenvalue weighted by molar-refractivity contribution is 4.84. The van der Waals surface area contributed by atoms with Crippen molar-refractivity contribution in [1.29, 1.82) is 0 Å². The number of unbranched alkanes of at least 4 members (excludes halogenated alkanes) is 4. The standard InChI is InChI=1S/C6H8F6.2C6H11F3.C5H6F6.2C5H9F3.2C5H12.2C4H7F3.3C4H10/c1-4(6(10,11)12)2-3-5(7,8)9;1-3-4-5(2)6(7,8)9;1-2-3-4-5-6(7,8)9;1-3(2,4(6,7)8)5(9,10)11;1-4(2,3)5(6,7)8;1-3-4(2)5(6,7)8;1-4-5(2)3;1-3-5-4-2;2*1-3(2)4(5,6)7;2*1-4(2)3;1-3-4-2/h4H,2-3H2,1H3;5H,3-4H2,1-2H3;2-5H2,1H3;1-2H3;1-3H3;4H,3H2,1-2H3;5H,4H2,1-3H3;3-5H2,1-2H3;2*3H,1-2H3;2*4H,1-3H3;3-4H2,1-2H3/t4-;5-;;;;;;;;;;;/m00.........../s1/i;;;;;;;;3D;;4D;;3D2. The van der Waals surface area contributed by atoms with E-state index in [2.05, 4.69) is 55.4 Å². The van der Waals surface area contributed by atoms with Gasteiger partial charge in [-0.05, 0) is 57.3 Å². The van der Waals surface area contributed by atoms with Gasteiger partial charge in [0.05, 0.1) is 23.2 Å². The Bertz CT molecular complexity index is 1580. The Morgan fingerprint density at radius 3 is 0.613 bits per heavy atom. The Kier molecular flexibility index (Phi) is 70.6. The first-order valence-electron chi connectivity index (χ1n) is 32.2. The summed E-state index contributed by atoms with van der Waals surface area (Å²) in [6.07, 6.45) is -39.0. The molecule has 0 rings (SSSR count). The second-order valence-electron chi connectivity index (χ2n) is 24.4. The van der Waals surface area contributed by atoms with Gasteiger partial charge >= 0.3 is 61.8 Å². The molecular weight excluding hydrogens is 1330 g/mol. The van der Waals surface area contributed by atoms with E-state index in [9.17, 15) is 132 Å². The van der Waals surface area contributed by atoms with Crippen LogP contribution >= 0.6 is 0 Å². The number of hydrogen-bond acceptors (Lipinski definition) is 0. The van der Waals surface area contributed by atoms with E-state index in [4.69, 9.17) is 5.48 Å². The third-order valence-corrected chi connectivity index (χ3v) is 10.3. The van der Waals surface area contributed by atoms with Gasteiger partial charge in [-0.15, -0.1) is 0 Å². The van der Waals surface area contributed by atoms with Gasteiger partial charge in [0.25, 0.3) is 0 Å². The quantitative estimate of drug-likeness (QED) is 0.135. The lowest BCUT2D eigenvalue weighted by atomic mass is 9.92. The zero-order valence-electron chi connectivity index (χ0n) is 64.2. The second kappa shape index (κ2) is 59.9. The summed E-state index contributed by atoms with van der Waals surface area (Å²) in [5.74, 6) is -6.22. The first kappa shape index (κ1) is 110. The van der Waals surface area contributed by atoms with Crippen LogP contribution in [0.1, 0.15) is 296 Å². The summed E-state index contributed by atoms with van der Waals surface area (Å²) < 4.78 is 372. The van der Waals surface area contributed by atoms with Gasteiger partial charge in [-0.3, -0.25) is 0 Å². The summed E-state index contributed by atoms with van der Waals surface area (Å²) in [5, 5.41) is 0. The molecule has 0 fully saturated rings. The smallest absolute Gasteiger partial charge is 0.171 e. The lowest BCUT2D eigenvalue weighted by molar-refractivity contribution is -0.327. The molecule has 93 heavy (non-hydrogen) atoms. The third kappa shape index (κ3) is 117. The van der Waals surface area contributed by atoms with Crippen molar-refractivity contribution in [3.63, 3.8) is 0 Å². The lowest BCUT2D eigenvalue weighted by Crippen LogP contribution is -2.44. The van der Waals surface area contributed by atoms with Crippen LogP contribution in [0.4, 0.5) is 132 Å². The maximum atomic E-state index is 11.7. The molecule has 1 unspecified atom stereocenters. The minimum atomic E-state index is -5.24. The van der Waals surface area contributed by atoms with Crippen LogP contribution in [-0.2, 0) is 0 Å². The van der Waals surface area contributed by atoms with Crippen molar-refractivity contribution in [2.45, 2.75) is 352 Å². The molecular formula is C63H122F30. The summed E-state index contributed by atoms with van der Waals surface area (Å²) in [6.45, 7) is 42.4. The van der Waals surface area contributed by atoms with Crippen LogP contribution in [0.3, 0.4) is 0 Å². The SMILES string of the molecule is CC(C)(C(F)(F)F)C(F)(F)F.CC(C)(C)C(F)(F)F.CC(C)C.CC(C)C(F)(F)F.CCC(C)C.CCC(C)C(F)(F)F.CCCCC.CCCCCC(F)(F)F.CCC[C@H](C)C(F)(F)F.C[C@@H](CCC(F)(F)F)C(F)(F)F.[2H]C(C)(C)C.[2H]C(C)(C)C(F)(F)F.[2H]C([2H])(C)CC. The average molecular weight is 1450 g/mol. The van der Waals surface area contributed by atoms with E-state index in [0.717, 1.165) is 73.6 Å². The van der Waals surface area contributed by atoms with Crippen molar-refractivity contribution in [3.8, 4) is 0 Å². The zero-order valence-corrected chi connectivity index (χ0v) is 60.2. The number of rotatable bonds is 12. The molecule has 30 heteroatoms. The molecule has 0 aliphatic heterocycles. The summed E-state index contributed by atoms with van der Waals surface area (Å²) >= 11 is 0. The van der Waals surface area contributed by atoms with E-state index >= 15 is 0 Å². The minimum Gasteiger partial charge on any atom is -0.171 e. The summed E-state index contributed by atoms with van der Waals surface area (Å²) in [7, 11) is 0. The van der Waals surface area contributed by atoms with Gasteiger partial charge in [-0.1, -0.05) is 238 Å². The topological polar surface area (TPSA) is 0 Å². The zero-order chi connectivity index (χ0) is 82.9. The van der Waals surface area contributed by atoms with Gasteiger partial charge in [-0.2, -0.15) is 132 Å². The molecule has 0 N–H and O–H groups in total. The molecule has 3 atom stereocenters. The molecule has 0 bridgehead atoms. The maximum absolute atomic E-state index is 11.7. The predicted molar refractivity (Wildman–Crippen MR) is 321 cm³/mol.